The van der Waals surface area contributed by atoms with E-state index in [2.05, 4.69) is 14.7 Å². The Hall–Kier alpha value is -4.18. The monoisotopic (exact) mass is 596 g/mol. The molecule has 220 valence electrons. The number of aliphatic carboxylic acids is 1. The van der Waals surface area contributed by atoms with Crippen LogP contribution in [-0.4, -0.2) is 90.7 Å². The zero-order valence-corrected chi connectivity index (χ0v) is 23.0. The Labute approximate surface area is 233 Å². The average Bonchev–Trinajstić information content (AvgIpc) is 3.26. The fraction of sp³-hybridized carbons (Fsp3) is 0.360. The molecule has 41 heavy (non-hydrogen) atoms. The van der Waals surface area contributed by atoms with Crippen molar-refractivity contribution < 1.29 is 41.0 Å². The molecule has 4 rings (SSSR count). The Balaban J connectivity index is 1.62. The SMILES string of the molecule is CN(C)c1ccc(S(=O)(=O)N(C)[C@H]2CCN([C@H](Cc3cc4ccnc(N)c4cc3OC(F)(F)F)C(=O)O)C2=O)cn1. The summed E-state index contributed by atoms with van der Waals surface area (Å²) in [5.41, 5.74) is 5.65. The summed E-state index contributed by atoms with van der Waals surface area (Å²) in [5, 5.41) is 10.5. The van der Waals surface area contributed by atoms with Crippen LogP contribution in [0.4, 0.5) is 24.8 Å². The first-order valence-electron chi connectivity index (χ1n) is 12.2. The number of pyridine rings is 2. The molecule has 0 aliphatic carbocycles. The molecule has 2 aromatic heterocycles. The average molecular weight is 597 g/mol. The minimum absolute atomic E-state index is 0.0343. The number of aromatic nitrogens is 2. The molecular weight excluding hydrogens is 569 g/mol. The molecule has 0 bridgehead atoms. The first-order chi connectivity index (χ1) is 19.1. The number of carbonyl (C=O) groups is 2. The highest BCUT2D eigenvalue weighted by Gasteiger charge is 2.44. The molecule has 1 aliphatic heterocycles. The molecule has 1 amide bonds. The lowest BCUT2D eigenvalue weighted by Gasteiger charge is -2.27. The highest BCUT2D eigenvalue weighted by atomic mass is 32.2. The van der Waals surface area contributed by atoms with Gasteiger partial charge in [-0.1, -0.05) is 0 Å². The number of rotatable bonds is 9. The maximum atomic E-state index is 13.4. The molecular formula is C25H27F3N6O6S. The van der Waals surface area contributed by atoms with Crippen molar-refractivity contribution in [2.45, 2.75) is 36.2 Å². The molecule has 1 fully saturated rings. The van der Waals surface area contributed by atoms with Gasteiger partial charge in [-0.25, -0.2) is 23.2 Å². The maximum absolute atomic E-state index is 13.4. The molecule has 0 spiro atoms. The number of amides is 1. The largest absolute Gasteiger partial charge is 0.573 e. The van der Waals surface area contributed by atoms with Crippen LogP contribution in [0.1, 0.15) is 12.0 Å². The van der Waals surface area contributed by atoms with Crippen LogP contribution in [-0.2, 0) is 26.0 Å². The first kappa shape index (κ1) is 29.8. The molecule has 0 radical (unpaired) electrons. The van der Waals surface area contributed by atoms with E-state index in [1.807, 2.05) is 0 Å². The van der Waals surface area contributed by atoms with Crippen molar-refractivity contribution in [3.8, 4) is 5.75 Å². The van der Waals surface area contributed by atoms with Crippen molar-refractivity contribution in [3.63, 3.8) is 0 Å². The lowest BCUT2D eigenvalue weighted by molar-refractivity contribution is -0.274. The summed E-state index contributed by atoms with van der Waals surface area (Å²) in [6.07, 6.45) is -3.18. The number of nitrogens with two attached hydrogens (primary N) is 1. The number of anilines is 2. The van der Waals surface area contributed by atoms with E-state index in [0.29, 0.717) is 11.2 Å². The van der Waals surface area contributed by atoms with E-state index in [9.17, 15) is 36.3 Å². The van der Waals surface area contributed by atoms with E-state index in [0.717, 1.165) is 21.5 Å². The molecule has 3 N–H and O–H groups in total. The van der Waals surface area contributed by atoms with Crippen LogP contribution in [0.3, 0.4) is 0 Å². The third kappa shape index (κ3) is 6.12. The summed E-state index contributed by atoms with van der Waals surface area (Å²) in [7, 11) is 0.480. The zero-order chi connectivity index (χ0) is 30.3. The van der Waals surface area contributed by atoms with Crippen molar-refractivity contribution in [1.82, 2.24) is 19.2 Å². The second-order valence-electron chi connectivity index (χ2n) is 9.59. The summed E-state index contributed by atoms with van der Waals surface area (Å²) in [6, 6.07) is 3.79. The smallest absolute Gasteiger partial charge is 0.480 e. The van der Waals surface area contributed by atoms with Crippen molar-refractivity contribution >= 4 is 44.3 Å². The molecule has 1 saturated heterocycles. The van der Waals surface area contributed by atoms with Crippen molar-refractivity contribution in [2.75, 3.05) is 38.3 Å². The van der Waals surface area contributed by atoms with Gasteiger partial charge in [0.15, 0.2) is 0 Å². The highest BCUT2D eigenvalue weighted by molar-refractivity contribution is 7.89. The Morgan fingerprint density at radius 3 is 2.51 bits per heavy atom. The topological polar surface area (TPSA) is 159 Å². The van der Waals surface area contributed by atoms with Crippen LogP contribution in [0.15, 0.2) is 47.6 Å². The maximum Gasteiger partial charge on any atom is 0.573 e. The number of nitrogens with zero attached hydrogens (tertiary/aromatic N) is 5. The molecule has 3 aromatic rings. The Bertz CT molecular complexity index is 1580. The Morgan fingerprint density at radius 1 is 1.22 bits per heavy atom. The number of sulfonamides is 1. The number of alkyl halides is 3. The van der Waals surface area contributed by atoms with E-state index in [-0.39, 0.29) is 34.6 Å². The quantitative estimate of drug-likeness (QED) is 0.375. The van der Waals surface area contributed by atoms with Gasteiger partial charge in [0.1, 0.15) is 34.4 Å². The van der Waals surface area contributed by atoms with Gasteiger partial charge in [0.05, 0.1) is 0 Å². The number of carboxylic acids is 1. The van der Waals surface area contributed by atoms with Gasteiger partial charge in [0, 0.05) is 51.9 Å². The summed E-state index contributed by atoms with van der Waals surface area (Å²) in [5.74, 6) is -2.51. The molecule has 1 aromatic carbocycles. The summed E-state index contributed by atoms with van der Waals surface area (Å²) >= 11 is 0. The fourth-order valence-electron chi connectivity index (χ4n) is 4.65. The Morgan fingerprint density at radius 2 is 1.93 bits per heavy atom. The number of hydrogen-bond acceptors (Lipinski definition) is 9. The number of hydrogen-bond donors (Lipinski definition) is 2. The molecule has 0 unspecified atom stereocenters. The number of nitrogen functional groups attached to an aromatic ring is 1. The number of likely N-dealkylation sites (N-methyl/N-ethyl adjacent to an activating group) is 1. The zero-order valence-electron chi connectivity index (χ0n) is 22.2. The summed E-state index contributed by atoms with van der Waals surface area (Å²) in [4.78, 5) is 36.1. The van der Waals surface area contributed by atoms with Gasteiger partial charge < -0.3 is 25.4 Å². The van der Waals surface area contributed by atoms with Crippen LogP contribution in [0, 0.1) is 0 Å². The normalized spacial score (nSPS) is 16.8. The molecule has 0 saturated carbocycles. The number of ether oxygens (including phenoxy) is 1. The number of carboxylic acid groups (broad SMARTS) is 1. The van der Waals surface area contributed by atoms with Gasteiger partial charge in [0.2, 0.25) is 15.9 Å². The predicted molar refractivity (Wildman–Crippen MR) is 142 cm³/mol. The minimum Gasteiger partial charge on any atom is -0.480 e. The molecule has 1 aliphatic rings. The second kappa shape index (κ2) is 11.0. The van der Waals surface area contributed by atoms with Gasteiger partial charge in [0.25, 0.3) is 0 Å². The van der Waals surface area contributed by atoms with Crippen LogP contribution in [0.5, 0.6) is 5.75 Å². The minimum atomic E-state index is -5.09. The van der Waals surface area contributed by atoms with Crippen LogP contribution < -0.4 is 15.4 Å². The first-order valence-corrected chi connectivity index (χ1v) is 13.6. The third-order valence-electron chi connectivity index (χ3n) is 6.78. The fourth-order valence-corrected chi connectivity index (χ4v) is 5.93. The van der Waals surface area contributed by atoms with Crippen molar-refractivity contribution in [3.05, 3.63) is 48.3 Å². The molecule has 2 atom stereocenters. The molecule has 3 heterocycles. The van der Waals surface area contributed by atoms with Gasteiger partial charge in [-0.2, -0.15) is 4.31 Å². The van der Waals surface area contributed by atoms with Crippen LogP contribution in [0.2, 0.25) is 0 Å². The van der Waals surface area contributed by atoms with E-state index in [4.69, 9.17) is 5.73 Å². The number of fused-ring (bicyclic) bond motifs is 1. The van der Waals surface area contributed by atoms with E-state index in [1.54, 1.807) is 19.0 Å². The van der Waals surface area contributed by atoms with Crippen molar-refractivity contribution in [1.29, 1.82) is 0 Å². The number of halogens is 3. The van der Waals surface area contributed by atoms with Crippen LogP contribution in [0.25, 0.3) is 10.8 Å². The highest BCUT2D eigenvalue weighted by Crippen LogP contribution is 2.34. The molecule has 16 heteroatoms. The number of benzene rings is 1. The van der Waals surface area contributed by atoms with Crippen molar-refractivity contribution in [2.24, 2.45) is 0 Å². The second-order valence-corrected chi connectivity index (χ2v) is 11.6. The summed E-state index contributed by atoms with van der Waals surface area (Å²) < 4.78 is 71.1. The van der Waals surface area contributed by atoms with Gasteiger partial charge in [-0.15, -0.1) is 13.2 Å². The predicted octanol–water partition coefficient (Wildman–Crippen LogP) is 2.09. The van der Waals surface area contributed by atoms with Crippen LogP contribution >= 0.6 is 0 Å². The van der Waals surface area contributed by atoms with Gasteiger partial charge in [-0.05, 0) is 47.7 Å². The third-order valence-corrected chi connectivity index (χ3v) is 8.63. The number of likely N-dealkylation sites (tertiary alicyclic amines) is 1. The lowest BCUT2D eigenvalue weighted by Crippen LogP contribution is -2.48. The van der Waals surface area contributed by atoms with E-state index >= 15 is 0 Å². The summed E-state index contributed by atoms with van der Waals surface area (Å²) in [6.45, 7) is -0.141. The van der Waals surface area contributed by atoms with E-state index < -0.39 is 52.5 Å². The van der Waals surface area contributed by atoms with Gasteiger partial charge >= 0.3 is 12.3 Å². The van der Waals surface area contributed by atoms with Gasteiger partial charge in [-0.3, -0.25) is 4.79 Å². The lowest BCUT2D eigenvalue weighted by atomic mass is 10.00. The van der Waals surface area contributed by atoms with E-state index in [1.165, 1.54) is 37.5 Å². The number of carbonyl (C=O) groups excluding carboxylic acids is 1. The molecule has 12 nitrogen and oxygen atoms in total. The Kier molecular flexibility index (Phi) is 8.00. The standard InChI is InChI=1S/C25H27F3N6O6S/c1-32(2)21-5-4-16(13-31-21)41(38,39)33(3)18-7-9-34(23(18)35)19(24(36)37)11-15-10-14-6-8-30-22(29)17(14)12-20(15)40-25(26,27)28/h4-6,8,10,12-13,18-19H,7,9,11H2,1-3H3,(H2,29,30)(H,36,37)/t18-,19+/m0/s1.